The molecule has 30 heavy (non-hydrogen) atoms. The molecule has 1 atom stereocenters. The van der Waals surface area contributed by atoms with E-state index in [0.717, 1.165) is 16.1 Å². The number of para-hydroxylation sites is 2. The average Bonchev–Trinajstić information content (AvgIpc) is 2.94. The summed E-state index contributed by atoms with van der Waals surface area (Å²) in [6.07, 6.45) is 1.94. The van der Waals surface area contributed by atoms with Crippen LogP contribution in [0.3, 0.4) is 0 Å². The Labute approximate surface area is 181 Å². The highest BCUT2D eigenvalue weighted by atomic mass is 35.5. The van der Waals surface area contributed by atoms with Crippen molar-refractivity contribution < 1.29 is 9.52 Å². The number of hydrogen-bond donors (Lipinski definition) is 2. The number of nitrogens with one attached hydrogen (secondary N) is 1. The van der Waals surface area contributed by atoms with Crippen molar-refractivity contribution in [3.63, 3.8) is 0 Å². The summed E-state index contributed by atoms with van der Waals surface area (Å²) in [6, 6.07) is 22.4. The predicted octanol–water partition coefficient (Wildman–Crippen LogP) is 6.45. The third-order valence-electron chi connectivity index (χ3n) is 4.98. The van der Waals surface area contributed by atoms with Crippen molar-refractivity contribution in [2.24, 2.45) is 0 Å². The van der Waals surface area contributed by atoms with Crippen molar-refractivity contribution in [3.05, 3.63) is 105 Å². The van der Waals surface area contributed by atoms with Crippen LogP contribution in [0.5, 0.6) is 5.75 Å². The molecule has 5 rings (SSSR count). The van der Waals surface area contributed by atoms with Gasteiger partial charge in [0.05, 0.1) is 22.0 Å². The number of rotatable bonds is 2. The molecule has 0 radical (unpaired) electrons. The molecule has 0 saturated carbocycles. The molecule has 2 N–H and O–H groups in total. The van der Waals surface area contributed by atoms with Crippen LogP contribution in [0.1, 0.15) is 16.4 Å². The minimum absolute atomic E-state index is 0.0974. The topological polar surface area (TPSA) is 62.5 Å². The monoisotopic (exact) mass is 433 g/mol. The Morgan fingerprint density at radius 3 is 2.53 bits per heavy atom. The fourth-order valence-corrected chi connectivity index (χ4v) is 4.82. The molecule has 2 heterocycles. The van der Waals surface area contributed by atoms with Gasteiger partial charge < -0.3 is 14.8 Å². The third-order valence-corrected chi connectivity index (χ3v) is 6.51. The summed E-state index contributed by atoms with van der Waals surface area (Å²) < 4.78 is 5.49. The first-order valence-corrected chi connectivity index (χ1v) is 10.6. The number of aromatic hydroxyl groups is 1. The smallest absolute Gasteiger partial charge is 0.349 e. The molecule has 0 amide bonds. The van der Waals surface area contributed by atoms with Gasteiger partial charge in [-0.2, -0.15) is 0 Å². The van der Waals surface area contributed by atoms with E-state index in [2.05, 4.69) is 5.32 Å². The number of anilines is 1. The van der Waals surface area contributed by atoms with E-state index in [4.69, 9.17) is 16.0 Å². The second kappa shape index (κ2) is 7.59. The van der Waals surface area contributed by atoms with Crippen molar-refractivity contribution in [2.75, 3.05) is 5.32 Å². The van der Waals surface area contributed by atoms with Crippen LogP contribution >= 0.6 is 23.4 Å². The van der Waals surface area contributed by atoms with Crippen LogP contribution in [-0.2, 0) is 0 Å². The van der Waals surface area contributed by atoms with E-state index in [1.807, 2.05) is 54.6 Å². The standard InChI is InChI=1S/C24H16ClNO3S/c25-15-11-9-14(10-12-15)21-13-18(26-17-6-2-4-8-20(17)30-21)22-23(27)16-5-1-3-7-19(16)29-24(22)28/h1-13,21,26-27H. The summed E-state index contributed by atoms with van der Waals surface area (Å²) in [6.45, 7) is 0. The molecule has 0 fully saturated rings. The maximum Gasteiger partial charge on any atom is 0.349 e. The second-order valence-corrected chi connectivity index (χ2v) is 8.52. The van der Waals surface area contributed by atoms with E-state index in [0.29, 0.717) is 21.7 Å². The Hall–Kier alpha value is -3.15. The highest BCUT2D eigenvalue weighted by molar-refractivity contribution is 7.99. The summed E-state index contributed by atoms with van der Waals surface area (Å²) in [5.41, 5.74) is 2.27. The Bertz CT molecular complexity index is 1340. The van der Waals surface area contributed by atoms with Gasteiger partial charge in [-0.1, -0.05) is 48.0 Å². The highest BCUT2D eigenvalue weighted by Crippen LogP contribution is 2.45. The van der Waals surface area contributed by atoms with Crippen LogP contribution < -0.4 is 10.9 Å². The van der Waals surface area contributed by atoms with Crippen molar-refractivity contribution in [3.8, 4) is 5.75 Å². The van der Waals surface area contributed by atoms with E-state index in [-0.39, 0.29) is 16.6 Å². The zero-order valence-corrected chi connectivity index (χ0v) is 17.2. The quantitative estimate of drug-likeness (QED) is 0.355. The lowest BCUT2D eigenvalue weighted by molar-refractivity contribution is 0.465. The van der Waals surface area contributed by atoms with Gasteiger partial charge >= 0.3 is 5.63 Å². The summed E-state index contributed by atoms with van der Waals surface area (Å²) in [5.74, 6) is -0.0974. The predicted molar refractivity (Wildman–Crippen MR) is 122 cm³/mol. The molecule has 3 aromatic carbocycles. The molecule has 1 aromatic heterocycles. The maximum absolute atomic E-state index is 12.8. The molecule has 1 aliphatic heterocycles. The minimum atomic E-state index is -0.593. The first kappa shape index (κ1) is 18.9. The first-order valence-electron chi connectivity index (χ1n) is 9.35. The third kappa shape index (κ3) is 3.36. The van der Waals surface area contributed by atoms with Crippen LogP contribution in [0.15, 0.2) is 93.0 Å². The van der Waals surface area contributed by atoms with E-state index < -0.39 is 5.63 Å². The van der Waals surface area contributed by atoms with Crippen molar-refractivity contribution >= 4 is 45.7 Å². The van der Waals surface area contributed by atoms with E-state index in [1.165, 1.54) is 0 Å². The summed E-state index contributed by atoms with van der Waals surface area (Å²) in [7, 11) is 0. The average molecular weight is 434 g/mol. The van der Waals surface area contributed by atoms with E-state index >= 15 is 0 Å². The SMILES string of the molecule is O=c1oc2ccccc2c(O)c1C1=CC(c2ccc(Cl)cc2)Sc2ccccc2N1. The number of hydrogen-bond acceptors (Lipinski definition) is 5. The number of thioether (sulfide) groups is 1. The summed E-state index contributed by atoms with van der Waals surface area (Å²) in [5, 5.41) is 15.3. The normalized spacial score (nSPS) is 15.8. The van der Waals surface area contributed by atoms with Crippen molar-refractivity contribution in [2.45, 2.75) is 10.1 Å². The fourth-order valence-electron chi connectivity index (χ4n) is 3.52. The van der Waals surface area contributed by atoms with Gasteiger partial charge in [-0.15, -0.1) is 11.8 Å². The molecule has 148 valence electrons. The van der Waals surface area contributed by atoms with Crippen molar-refractivity contribution in [1.82, 2.24) is 0 Å². The summed E-state index contributed by atoms with van der Waals surface area (Å²) >= 11 is 7.72. The van der Waals surface area contributed by atoms with Gasteiger partial charge in [0, 0.05) is 9.92 Å². The van der Waals surface area contributed by atoms with Gasteiger partial charge in [0.1, 0.15) is 16.9 Å². The molecule has 0 saturated heterocycles. The highest BCUT2D eigenvalue weighted by Gasteiger charge is 2.24. The molecular formula is C24H16ClNO3S. The van der Waals surface area contributed by atoms with Crippen LogP contribution in [0, 0.1) is 0 Å². The second-order valence-electron chi connectivity index (χ2n) is 6.90. The zero-order valence-electron chi connectivity index (χ0n) is 15.6. The first-order chi connectivity index (χ1) is 14.6. The number of halogens is 1. The van der Waals surface area contributed by atoms with Crippen LogP contribution in [0.4, 0.5) is 5.69 Å². The van der Waals surface area contributed by atoms with E-state index in [1.54, 1.807) is 36.0 Å². The largest absolute Gasteiger partial charge is 0.506 e. The van der Waals surface area contributed by atoms with Gasteiger partial charge in [-0.25, -0.2) is 4.79 Å². The lowest BCUT2D eigenvalue weighted by atomic mass is 10.1. The molecule has 4 aromatic rings. The van der Waals surface area contributed by atoms with Gasteiger partial charge in [0.15, 0.2) is 0 Å². The van der Waals surface area contributed by atoms with Gasteiger partial charge in [-0.05, 0) is 48.0 Å². The fraction of sp³-hybridized carbons (Fsp3) is 0.0417. The molecule has 0 aliphatic carbocycles. The number of benzene rings is 3. The van der Waals surface area contributed by atoms with Gasteiger partial charge in [-0.3, -0.25) is 0 Å². The summed E-state index contributed by atoms with van der Waals surface area (Å²) in [4.78, 5) is 13.9. The molecular weight excluding hydrogens is 418 g/mol. The molecule has 1 unspecified atom stereocenters. The molecule has 4 nitrogen and oxygen atoms in total. The lowest BCUT2D eigenvalue weighted by Gasteiger charge is -2.13. The Morgan fingerprint density at radius 2 is 1.70 bits per heavy atom. The number of fused-ring (bicyclic) bond motifs is 2. The zero-order chi connectivity index (χ0) is 20.7. The van der Waals surface area contributed by atoms with Crippen LogP contribution in [-0.4, -0.2) is 5.11 Å². The van der Waals surface area contributed by atoms with Crippen LogP contribution in [0.2, 0.25) is 5.02 Å². The Balaban J connectivity index is 1.72. The van der Waals surface area contributed by atoms with E-state index in [9.17, 15) is 9.90 Å². The minimum Gasteiger partial charge on any atom is -0.506 e. The molecule has 0 bridgehead atoms. The van der Waals surface area contributed by atoms with Gasteiger partial charge in [0.25, 0.3) is 0 Å². The maximum atomic E-state index is 12.8. The van der Waals surface area contributed by atoms with Gasteiger partial charge in [0.2, 0.25) is 0 Å². The lowest BCUT2D eigenvalue weighted by Crippen LogP contribution is -2.12. The Morgan fingerprint density at radius 1 is 0.967 bits per heavy atom. The van der Waals surface area contributed by atoms with Crippen LogP contribution in [0.25, 0.3) is 16.7 Å². The van der Waals surface area contributed by atoms with Crippen molar-refractivity contribution in [1.29, 1.82) is 0 Å². The molecule has 0 spiro atoms. The molecule has 1 aliphatic rings. The molecule has 6 heteroatoms. The Kier molecular flexibility index (Phi) is 4.77.